The first-order valence-corrected chi connectivity index (χ1v) is 11.0. The zero-order valence-corrected chi connectivity index (χ0v) is 19.5. The molecule has 3 atom stereocenters. The van der Waals surface area contributed by atoms with E-state index in [0.29, 0.717) is 45.3 Å². The maximum atomic E-state index is 13.1. The summed E-state index contributed by atoms with van der Waals surface area (Å²) in [5.41, 5.74) is 1.02. The maximum absolute atomic E-state index is 13.1. The number of likely N-dealkylation sites (tertiary alicyclic amines) is 1. The van der Waals surface area contributed by atoms with Crippen LogP contribution in [-0.4, -0.2) is 86.8 Å². The molecular formula is C20H25N2O3Pb. The van der Waals surface area contributed by atoms with Gasteiger partial charge in [-0.3, -0.25) is 0 Å². The summed E-state index contributed by atoms with van der Waals surface area (Å²) < 4.78 is 4.85. The van der Waals surface area contributed by atoms with Crippen molar-refractivity contribution in [2.24, 2.45) is 0 Å². The van der Waals surface area contributed by atoms with Gasteiger partial charge in [0.25, 0.3) is 0 Å². The van der Waals surface area contributed by atoms with E-state index in [1.807, 2.05) is 44.3 Å². The van der Waals surface area contributed by atoms with Gasteiger partial charge in [-0.25, -0.2) is 0 Å². The van der Waals surface area contributed by atoms with E-state index in [2.05, 4.69) is 16.7 Å². The fourth-order valence-electron chi connectivity index (χ4n) is 3.26. The molecule has 1 amide bonds. The Morgan fingerprint density at radius 1 is 1.38 bits per heavy atom. The Bertz CT molecular complexity index is 683. The Labute approximate surface area is 171 Å². The molecule has 0 spiro atoms. The van der Waals surface area contributed by atoms with Crippen LogP contribution in [0.2, 0.25) is 0 Å². The van der Waals surface area contributed by atoms with Gasteiger partial charge in [0.15, 0.2) is 0 Å². The first kappa shape index (κ1) is 20.9. The standard InChI is InChI=1S/C20H25N2O3.Pb/c1-4-5-12-21(2)17-11-13-22(18(15-17)20(24)25-3)19(23)14-16-9-7-6-8-10-16;/h6-10,14,17-18H,11-13,15H2,1-3H3;. The molecule has 5 nitrogen and oxygen atoms in total. The summed E-state index contributed by atoms with van der Waals surface area (Å²) in [6.07, 6.45) is 1.42. The summed E-state index contributed by atoms with van der Waals surface area (Å²) in [5.74, 6) is 5.66. The average molecular weight is 549 g/mol. The number of benzene rings is 1. The molecule has 1 aromatic rings. The fraction of sp³-hybridized carbons (Fsp3) is 0.500. The van der Waals surface area contributed by atoms with Gasteiger partial charge in [0.2, 0.25) is 0 Å². The average Bonchev–Trinajstić information content (AvgIpc) is 2.70. The van der Waals surface area contributed by atoms with Crippen LogP contribution in [0.3, 0.4) is 0 Å². The van der Waals surface area contributed by atoms with Crippen molar-refractivity contribution >= 4 is 37.6 Å². The molecule has 26 heavy (non-hydrogen) atoms. The van der Waals surface area contributed by atoms with Crippen LogP contribution in [0.25, 0.3) is 0 Å². The Morgan fingerprint density at radius 3 is 2.69 bits per heavy atom. The predicted molar refractivity (Wildman–Crippen MR) is 102 cm³/mol. The number of rotatable bonds is 5. The summed E-state index contributed by atoms with van der Waals surface area (Å²) in [4.78, 5) is 29.4. The summed E-state index contributed by atoms with van der Waals surface area (Å²) in [5, 5.41) is 0. The molecule has 6 heteroatoms. The molecule has 1 saturated heterocycles. The molecule has 0 saturated carbocycles. The third-order valence-electron chi connectivity index (χ3n) is 4.84. The van der Waals surface area contributed by atoms with Gasteiger partial charge >= 0.3 is 172 Å². The number of esters is 1. The fourth-order valence-corrected chi connectivity index (χ4v) is 4.65. The first-order chi connectivity index (χ1) is 12.5. The second kappa shape index (κ2) is 10.1. The number of carbonyl (C=O) groups is 2. The van der Waals surface area contributed by atoms with E-state index in [4.69, 9.17) is 4.74 Å². The van der Waals surface area contributed by atoms with Gasteiger partial charge in [-0.05, 0) is 0 Å². The van der Waals surface area contributed by atoms with Gasteiger partial charge in [0, 0.05) is 0 Å². The van der Waals surface area contributed by atoms with Crippen LogP contribution in [0.1, 0.15) is 28.8 Å². The van der Waals surface area contributed by atoms with Crippen molar-refractivity contribution in [3.63, 3.8) is 0 Å². The Kier molecular flexibility index (Phi) is 8.10. The van der Waals surface area contributed by atoms with Crippen LogP contribution in [0, 0.1) is 11.8 Å². The molecule has 1 aromatic carbocycles. The number of amides is 1. The molecule has 1 aliphatic rings. The van der Waals surface area contributed by atoms with Crippen molar-refractivity contribution < 1.29 is 14.3 Å². The molecule has 0 aromatic heterocycles. The van der Waals surface area contributed by atoms with Crippen LogP contribution in [0.15, 0.2) is 30.3 Å². The molecule has 1 fully saturated rings. The molecule has 3 unspecified atom stereocenters. The molecule has 0 bridgehead atoms. The number of carbonyl (C=O) groups excluding carboxylic acids is 2. The molecular weight excluding hydrogens is 523 g/mol. The second-order valence-electron chi connectivity index (χ2n) is 6.43. The molecule has 2 rings (SSSR count). The number of hydrogen-bond donors (Lipinski definition) is 0. The minimum atomic E-state index is -0.525. The van der Waals surface area contributed by atoms with Crippen LogP contribution >= 0.6 is 0 Å². The normalized spacial score (nSPS) is 20.9. The van der Waals surface area contributed by atoms with E-state index in [1.54, 1.807) is 4.90 Å². The quantitative estimate of drug-likeness (QED) is 0.317. The zero-order chi connectivity index (χ0) is 19.1. The number of methoxy groups -OCH3 is 1. The van der Waals surface area contributed by atoms with Gasteiger partial charge in [0.1, 0.15) is 0 Å². The number of ether oxygens (including phenoxy) is 1. The van der Waals surface area contributed by atoms with Crippen molar-refractivity contribution in [3.05, 3.63) is 35.9 Å². The third-order valence-corrected chi connectivity index (χ3v) is 7.10. The third kappa shape index (κ3) is 5.07. The van der Waals surface area contributed by atoms with Crippen LogP contribution in [-0.2, 0) is 14.3 Å². The first-order valence-electron chi connectivity index (χ1n) is 8.73. The van der Waals surface area contributed by atoms with Crippen LogP contribution in [0.5, 0.6) is 0 Å². The van der Waals surface area contributed by atoms with E-state index in [1.165, 1.54) is 7.11 Å². The number of piperidine rings is 1. The van der Waals surface area contributed by atoms with Crippen LogP contribution < -0.4 is 0 Å². The van der Waals surface area contributed by atoms with Gasteiger partial charge < -0.3 is 0 Å². The minimum absolute atomic E-state index is 0.0349. The predicted octanol–water partition coefficient (Wildman–Crippen LogP) is 1.38. The molecule has 0 N–H and O–H groups in total. The summed E-state index contributed by atoms with van der Waals surface area (Å²) >= 11 is 0.703. The molecule has 0 aliphatic carbocycles. The van der Waals surface area contributed by atoms with Gasteiger partial charge in [-0.15, -0.1) is 0 Å². The Morgan fingerprint density at radius 2 is 2.08 bits per heavy atom. The summed E-state index contributed by atoms with van der Waals surface area (Å²) in [6, 6.07) is 9.48. The monoisotopic (exact) mass is 549 g/mol. The molecule has 1 heterocycles. The van der Waals surface area contributed by atoms with Crippen molar-refractivity contribution in [2.45, 2.75) is 35.3 Å². The van der Waals surface area contributed by atoms with E-state index in [0.717, 1.165) is 12.0 Å². The van der Waals surface area contributed by atoms with Gasteiger partial charge in [0.05, 0.1) is 0 Å². The molecule has 137 valence electrons. The zero-order valence-electron chi connectivity index (χ0n) is 15.6. The van der Waals surface area contributed by atoms with Crippen LogP contribution in [0.4, 0.5) is 0 Å². The van der Waals surface area contributed by atoms with Crippen molar-refractivity contribution in [1.29, 1.82) is 0 Å². The number of nitrogens with zero attached hydrogens (tertiary/aromatic N) is 2. The second-order valence-corrected chi connectivity index (χ2v) is 8.68. The van der Waals surface area contributed by atoms with Gasteiger partial charge in [-0.1, -0.05) is 0 Å². The molecule has 3 radical (unpaired) electrons. The Balaban J connectivity index is 2.15. The molecule has 1 aliphatic heterocycles. The van der Waals surface area contributed by atoms with Crippen molar-refractivity contribution in [3.8, 4) is 11.8 Å². The van der Waals surface area contributed by atoms with E-state index >= 15 is 0 Å². The summed E-state index contributed by atoms with van der Waals surface area (Å²) in [7, 11) is 3.40. The van der Waals surface area contributed by atoms with E-state index in [9.17, 15) is 9.59 Å². The van der Waals surface area contributed by atoms with Gasteiger partial charge in [-0.2, -0.15) is 0 Å². The number of hydrogen-bond acceptors (Lipinski definition) is 4. The SMILES string of the molecule is CC#CCN(C)C1CCN(C(=O)[CH]([Pb])c2ccccc2)C(C(=O)OC)C1. The summed E-state index contributed by atoms with van der Waals surface area (Å²) in [6.45, 7) is 3.05. The Hall–Kier alpha value is -1.40. The van der Waals surface area contributed by atoms with E-state index < -0.39 is 6.04 Å². The topological polar surface area (TPSA) is 49.9 Å². The van der Waals surface area contributed by atoms with E-state index in [-0.39, 0.29) is 21.4 Å². The van der Waals surface area contributed by atoms with Crippen molar-refractivity contribution in [2.75, 3.05) is 27.2 Å². The van der Waals surface area contributed by atoms with Crippen molar-refractivity contribution in [1.82, 2.24) is 9.80 Å².